The highest BCUT2D eigenvalue weighted by Gasteiger charge is 2.52. The number of nitrogens with zero attached hydrogens (tertiary/aromatic N) is 2. The Morgan fingerprint density at radius 1 is 1.22 bits per heavy atom. The van der Waals surface area contributed by atoms with Crippen molar-refractivity contribution < 1.29 is 13.8 Å². The first-order valence-electron chi connectivity index (χ1n) is 10.9. The molecule has 174 valence electrons. The smallest absolute Gasteiger partial charge is 0.268 e. The zero-order valence-electron chi connectivity index (χ0n) is 19.2. The normalized spacial score (nSPS) is 15.8. The molecular weight excluding hydrogens is 446 g/mol. The first-order chi connectivity index (χ1) is 15.1. The second kappa shape index (κ2) is 9.79. The molecule has 1 N–H and O–H groups in total. The molecule has 3 rings (SSSR count). The summed E-state index contributed by atoms with van der Waals surface area (Å²) in [6.07, 6.45) is 2.59. The maximum Gasteiger partial charge on any atom is 0.268 e. The summed E-state index contributed by atoms with van der Waals surface area (Å²) in [7, 11) is -1.02. The van der Waals surface area contributed by atoms with Crippen molar-refractivity contribution >= 4 is 34.7 Å². The van der Waals surface area contributed by atoms with E-state index in [2.05, 4.69) is 5.32 Å². The van der Waals surface area contributed by atoms with Crippen LogP contribution in [0.3, 0.4) is 0 Å². The Kier molecular flexibility index (Phi) is 7.50. The Labute approximate surface area is 197 Å². The Morgan fingerprint density at radius 2 is 1.88 bits per heavy atom. The number of benzene rings is 1. The van der Waals surface area contributed by atoms with Gasteiger partial charge in [-0.2, -0.15) is 0 Å². The van der Waals surface area contributed by atoms with Crippen molar-refractivity contribution in [1.29, 1.82) is 0 Å². The van der Waals surface area contributed by atoms with E-state index in [0.717, 1.165) is 30.5 Å². The van der Waals surface area contributed by atoms with E-state index in [9.17, 15) is 13.8 Å². The highest BCUT2D eigenvalue weighted by atomic mass is 35.5. The van der Waals surface area contributed by atoms with Crippen LogP contribution in [-0.2, 0) is 28.7 Å². The van der Waals surface area contributed by atoms with Gasteiger partial charge in [0.05, 0.1) is 4.75 Å². The van der Waals surface area contributed by atoms with Gasteiger partial charge in [0, 0.05) is 52.4 Å². The summed E-state index contributed by atoms with van der Waals surface area (Å²) in [6.45, 7) is 9.73. The van der Waals surface area contributed by atoms with Gasteiger partial charge in [0.1, 0.15) is 5.69 Å². The van der Waals surface area contributed by atoms with Crippen LogP contribution in [0.4, 0.5) is 0 Å². The van der Waals surface area contributed by atoms with Crippen LogP contribution in [0.15, 0.2) is 36.4 Å². The van der Waals surface area contributed by atoms with Crippen LogP contribution in [0.25, 0.3) is 0 Å². The molecule has 0 spiro atoms. The molecule has 1 aromatic heterocycles. The number of carbonyl (C=O) groups excluding carboxylic acids is 2. The number of aryl methyl sites for hydroxylation is 1. The molecule has 1 atom stereocenters. The molecule has 2 aromatic rings. The fraction of sp³-hybridized carbons (Fsp3) is 0.500. The minimum absolute atomic E-state index is 0.168. The van der Waals surface area contributed by atoms with Crippen LogP contribution in [0, 0.1) is 6.92 Å². The zero-order valence-corrected chi connectivity index (χ0v) is 20.8. The van der Waals surface area contributed by atoms with Gasteiger partial charge < -0.3 is 14.8 Å². The second-order valence-electron chi connectivity index (χ2n) is 9.46. The van der Waals surface area contributed by atoms with E-state index in [1.807, 2.05) is 50.5 Å². The average molecular weight is 478 g/mol. The Balaban J connectivity index is 1.62. The summed E-state index contributed by atoms with van der Waals surface area (Å²) in [4.78, 5) is 26.2. The van der Waals surface area contributed by atoms with Crippen LogP contribution >= 0.6 is 11.6 Å². The molecule has 8 heteroatoms. The molecule has 0 radical (unpaired) electrons. The summed E-state index contributed by atoms with van der Waals surface area (Å²) in [5.41, 5.74) is 2.47. The summed E-state index contributed by atoms with van der Waals surface area (Å²) in [5.74, 6) is -0.168. The van der Waals surface area contributed by atoms with Gasteiger partial charge in [0.15, 0.2) is 0 Å². The predicted octanol–water partition coefficient (Wildman–Crippen LogP) is 3.92. The van der Waals surface area contributed by atoms with E-state index < -0.39 is 10.8 Å². The van der Waals surface area contributed by atoms with Crippen LogP contribution in [-0.4, -0.2) is 48.6 Å². The van der Waals surface area contributed by atoms with Crippen molar-refractivity contribution in [3.8, 4) is 0 Å². The number of aromatic nitrogens is 1. The fourth-order valence-electron chi connectivity index (χ4n) is 3.90. The highest BCUT2D eigenvalue weighted by molar-refractivity contribution is 7.88. The van der Waals surface area contributed by atoms with Gasteiger partial charge in [-0.25, -0.2) is 0 Å². The van der Waals surface area contributed by atoms with Crippen molar-refractivity contribution in [3.63, 3.8) is 0 Å². The van der Waals surface area contributed by atoms with E-state index in [1.165, 1.54) is 0 Å². The number of nitrogens with one attached hydrogen (secondary N) is 1. The highest BCUT2D eigenvalue weighted by Crippen LogP contribution is 2.46. The SMILES string of the molecule is Cc1ccc(C(=O)NCc2ccc(Cl)cc2)n1CCN(C=O)CC1(S(=O)C(C)(C)C)CC1. The van der Waals surface area contributed by atoms with E-state index in [1.54, 1.807) is 23.1 Å². The van der Waals surface area contributed by atoms with E-state index in [4.69, 9.17) is 11.6 Å². The van der Waals surface area contributed by atoms with Crippen LogP contribution in [0.1, 0.15) is 55.4 Å². The fourth-order valence-corrected chi connectivity index (χ4v) is 6.08. The average Bonchev–Trinajstić information content (AvgIpc) is 3.44. The summed E-state index contributed by atoms with van der Waals surface area (Å²) >= 11 is 5.91. The van der Waals surface area contributed by atoms with Crippen molar-refractivity contribution in [1.82, 2.24) is 14.8 Å². The molecule has 2 amide bonds. The topological polar surface area (TPSA) is 71.4 Å². The summed E-state index contributed by atoms with van der Waals surface area (Å²) < 4.78 is 14.3. The van der Waals surface area contributed by atoms with Crippen molar-refractivity contribution in [2.45, 2.75) is 63.1 Å². The molecule has 1 heterocycles. The molecule has 6 nitrogen and oxygen atoms in total. The van der Waals surface area contributed by atoms with E-state index in [-0.39, 0.29) is 15.4 Å². The van der Waals surface area contributed by atoms with Crippen molar-refractivity contribution in [2.24, 2.45) is 0 Å². The standard InChI is InChI=1S/C24H32ClN3O3S/c1-18-5-10-21(22(30)26-15-19-6-8-20(25)9-7-19)28(18)14-13-27(17-29)16-24(11-12-24)32(31)23(2,3)4/h5-10,17H,11-16H2,1-4H3,(H,26,30). The molecule has 1 aromatic carbocycles. The molecule has 1 aliphatic rings. The zero-order chi connectivity index (χ0) is 23.5. The molecular formula is C24H32ClN3O3S. The van der Waals surface area contributed by atoms with Gasteiger partial charge in [0.25, 0.3) is 5.91 Å². The monoisotopic (exact) mass is 477 g/mol. The number of amides is 2. The molecule has 32 heavy (non-hydrogen) atoms. The van der Waals surface area contributed by atoms with E-state index in [0.29, 0.717) is 36.9 Å². The number of halogens is 1. The summed E-state index contributed by atoms with van der Waals surface area (Å²) in [5, 5.41) is 3.60. The largest absolute Gasteiger partial charge is 0.347 e. The lowest BCUT2D eigenvalue weighted by Gasteiger charge is -2.29. The van der Waals surface area contributed by atoms with Gasteiger partial charge in [-0.3, -0.25) is 13.8 Å². The minimum atomic E-state index is -1.02. The van der Waals surface area contributed by atoms with Crippen LogP contribution in [0.2, 0.25) is 5.02 Å². The lowest BCUT2D eigenvalue weighted by molar-refractivity contribution is -0.118. The quantitative estimate of drug-likeness (QED) is 0.527. The third-order valence-corrected chi connectivity index (χ3v) is 8.49. The maximum atomic E-state index is 12.9. The lowest BCUT2D eigenvalue weighted by Crippen LogP contribution is -2.42. The summed E-state index contributed by atoms with van der Waals surface area (Å²) in [6, 6.07) is 11.1. The van der Waals surface area contributed by atoms with Gasteiger partial charge >= 0.3 is 0 Å². The maximum absolute atomic E-state index is 12.9. The second-order valence-corrected chi connectivity index (χ2v) is 12.5. The Morgan fingerprint density at radius 3 is 2.44 bits per heavy atom. The van der Waals surface area contributed by atoms with Crippen molar-refractivity contribution in [3.05, 3.63) is 58.4 Å². The minimum Gasteiger partial charge on any atom is -0.347 e. The third-order valence-electron chi connectivity index (χ3n) is 5.81. The molecule has 1 saturated carbocycles. The number of hydrogen-bond acceptors (Lipinski definition) is 3. The van der Waals surface area contributed by atoms with E-state index >= 15 is 0 Å². The molecule has 0 saturated heterocycles. The molecule has 1 aliphatic carbocycles. The Bertz CT molecular complexity index is 991. The lowest BCUT2D eigenvalue weighted by atomic mass is 10.2. The number of hydrogen-bond donors (Lipinski definition) is 1. The van der Waals surface area contributed by atoms with Crippen LogP contribution in [0.5, 0.6) is 0 Å². The van der Waals surface area contributed by atoms with Gasteiger partial charge in [-0.1, -0.05) is 23.7 Å². The van der Waals surface area contributed by atoms with Gasteiger partial charge in [0.2, 0.25) is 6.41 Å². The molecule has 0 aliphatic heterocycles. The predicted molar refractivity (Wildman–Crippen MR) is 129 cm³/mol. The Hall–Kier alpha value is -2.12. The van der Waals surface area contributed by atoms with Gasteiger partial charge in [-0.15, -0.1) is 0 Å². The van der Waals surface area contributed by atoms with Crippen molar-refractivity contribution in [2.75, 3.05) is 13.1 Å². The van der Waals surface area contributed by atoms with Gasteiger partial charge in [-0.05, 0) is 70.4 Å². The number of rotatable bonds is 10. The van der Waals surface area contributed by atoms with Crippen LogP contribution < -0.4 is 5.32 Å². The number of carbonyl (C=O) groups is 2. The molecule has 1 fully saturated rings. The molecule has 1 unspecified atom stereocenters. The first kappa shape index (κ1) is 24.5. The molecule has 0 bridgehead atoms. The third kappa shape index (κ3) is 5.81. The first-order valence-corrected chi connectivity index (χ1v) is 12.4.